The molecule has 0 radical (unpaired) electrons. The molecule has 142 valence electrons. The monoisotopic (exact) mass is 393 g/mol. The number of halogens is 1. The Labute approximate surface area is 168 Å². The third kappa shape index (κ3) is 3.58. The molecule has 1 aliphatic rings. The van der Waals surface area contributed by atoms with Crippen molar-refractivity contribution in [3.05, 3.63) is 46.9 Å². The molecule has 7 heteroatoms. The molecule has 0 saturated heterocycles. The van der Waals surface area contributed by atoms with Gasteiger partial charge in [-0.2, -0.15) is 10.4 Å². The van der Waals surface area contributed by atoms with Crippen molar-refractivity contribution in [2.45, 2.75) is 25.7 Å². The zero-order chi connectivity index (χ0) is 19.7. The lowest BCUT2D eigenvalue weighted by molar-refractivity contribution is 0.0948. The maximum Gasteiger partial charge on any atom is 0.269 e. The first-order valence-corrected chi connectivity index (χ1v) is 9.76. The summed E-state index contributed by atoms with van der Waals surface area (Å²) in [5.41, 5.74) is 2.63. The van der Waals surface area contributed by atoms with Crippen molar-refractivity contribution in [1.29, 1.82) is 5.26 Å². The number of fused-ring (bicyclic) bond motifs is 1. The second-order valence-electron chi connectivity index (χ2n) is 7.18. The lowest BCUT2D eigenvalue weighted by Crippen LogP contribution is -2.25. The molecule has 28 heavy (non-hydrogen) atoms. The summed E-state index contributed by atoms with van der Waals surface area (Å²) >= 11 is 6.40. The van der Waals surface area contributed by atoms with Crippen LogP contribution >= 0.6 is 11.6 Å². The van der Waals surface area contributed by atoms with E-state index in [1.807, 2.05) is 6.07 Å². The van der Waals surface area contributed by atoms with E-state index in [-0.39, 0.29) is 11.6 Å². The fourth-order valence-electron chi connectivity index (χ4n) is 3.37. The van der Waals surface area contributed by atoms with Crippen LogP contribution in [-0.4, -0.2) is 27.2 Å². The highest BCUT2D eigenvalue weighted by Crippen LogP contribution is 2.34. The van der Waals surface area contributed by atoms with Gasteiger partial charge in [-0.1, -0.05) is 36.6 Å². The van der Waals surface area contributed by atoms with Crippen molar-refractivity contribution in [3.8, 4) is 17.2 Å². The summed E-state index contributed by atoms with van der Waals surface area (Å²) in [6.07, 6.45) is 6.40. The number of carbonyl (C=O) groups is 1. The molecular weight excluding hydrogens is 374 g/mol. The molecule has 1 fully saturated rings. The molecule has 4 rings (SSSR count). The number of rotatable bonds is 6. The SMILES string of the molecule is Cn1ncc(-c2cc(C(=O)NCCCC3CC3)nc3c(C#N)cccc23)c1Cl. The first kappa shape index (κ1) is 18.5. The number of carbonyl (C=O) groups excluding carboxylic acids is 1. The Morgan fingerprint density at radius 3 is 2.89 bits per heavy atom. The van der Waals surface area contributed by atoms with Crippen LogP contribution in [0.25, 0.3) is 22.0 Å². The fraction of sp³-hybridized carbons (Fsp3) is 0.333. The number of aromatic nitrogens is 3. The molecule has 2 heterocycles. The Morgan fingerprint density at radius 1 is 1.39 bits per heavy atom. The largest absolute Gasteiger partial charge is 0.351 e. The maximum atomic E-state index is 12.7. The summed E-state index contributed by atoms with van der Waals surface area (Å²) < 4.78 is 1.56. The molecule has 0 aliphatic heterocycles. The van der Waals surface area contributed by atoms with Crippen LogP contribution in [0.3, 0.4) is 0 Å². The molecule has 3 aromatic rings. The highest BCUT2D eigenvalue weighted by atomic mass is 35.5. The van der Waals surface area contributed by atoms with Gasteiger partial charge >= 0.3 is 0 Å². The van der Waals surface area contributed by atoms with Crippen LogP contribution < -0.4 is 5.32 Å². The highest BCUT2D eigenvalue weighted by molar-refractivity contribution is 6.32. The summed E-state index contributed by atoms with van der Waals surface area (Å²) in [7, 11) is 1.75. The van der Waals surface area contributed by atoms with Gasteiger partial charge in [-0.05, 0) is 36.5 Å². The van der Waals surface area contributed by atoms with E-state index in [0.29, 0.717) is 28.3 Å². The first-order chi connectivity index (χ1) is 13.6. The van der Waals surface area contributed by atoms with Crippen molar-refractivity contribution in [3.63, 3.8) is 0 Å². The van der Waals surface area contributed by atoms with E-state index in [9.17, 15) is 10.1 Å². The molecule has 1 aliphatic carbocycles. The first-order valence-electron chi connectivity index (χ1n) is 9.38. The van der Waals surface area contributed by atoms with Crippen LogP contribution in [0.15, 0.2) is 30.5 Å². The minimum atomic E-state index is -0.244. The second kappa shape index (κ2) is 7.61. The van der Waals surface area contributed by atoms with Crippen LogP contribution in [0.5, 0.6) is 0 Å². The van der Waals surface area contributed by atoms with Crippen LogP contribution in [-0.2, 0) is 7.05 Å². The number of hydrogen-bond donors (Lipinski definition) is 1. The molecule has 6 nitrogen and oxygen atoms in total. The number of nitriles is 1. The maximum absolute atomic E-state index is 12.7. The number of aryl methyl sites for hydroxylation is 1. The van der Waals surface area contributed by atoms with Crippen molar-refractivity contribution >= 4 is 28.4 Å². The second-order valence-corrected chi connectivity index (χ2v) is 7.54. The third-order valence-corrected chi connectivity index (χ3v) is 5.57. The van der Waals surface area contributed by atoms with Crippen LogP contribution in [0, 0.1) is 17.2 Å². The molecule has 0 unspecified atom stereocenters. The summed E-state index contributed by atoms with van der Waals surface area (Å²) in [6, 6.07) is 9.25. The zero-order valence-electron chi connectivity index (χ0n) is 15.6. The Balaban J connectivity index is 1.73. The lowest BCUT2D eigenvalue weighted by Gasteiger charge is -2.11. The van der Waals surface area contributed by atoms with Crippen molar-refractivity contribution in [1.82, 2.24) is 20.1 Å². The smallest absolute Gasteiger partial charge is 0.269 e. The normalized spacial score (nSPS) is 13.5. The topological polar surface area (TPSA) is 83.6 Å². The number of nitrogens with one attached hydrogen (secondary N) is 1. The Morgan fingerprint density at radius 2 is 2.21 bits per heavy atom. The summed E-state index contributed by atoms with van der Waals surface area (Å²) in [5, 5.41) is 17.9. The predicted octanol–water partition coefficient (Wildman–Crippen LogP) is 4.08. The number of nitrogens with zero attached hydrogens (tertiary/aromatic N) is 4. The number of hydrogen-bond acceptors (Lipinski definition) is 4. The quantitative estimate of drug-likeness (QED) is 0.639. The Bertz CT molecular complexity index is 1090. The number of benzene rings is 1. The molecule has 0 atom stereocenters. The Hall–Kier alpha value is -2.91. The molecule has 1 saturated carbocycles. The van der Waals surface area contributed by atoms with Gasteiger partial charge in [-0.25, -0.2) is 4.98 Å². The van der Waals surface area contributed by atoms with Gasteiger partial charge in [0, 0.05) is 24.5 Å². The van der Waals surface area contributed by atoms with Gasteiger partial charge in [0.15, 0.2) is 0 Å². The average Bonchev–Trinajstić information content (AvgIpc) is 3.48. The highest BCUT2D eigenvalue weighted by Gasteiger charge is 2.21. The van der Waals surface area contributed by atoms with Crippen LogP contribution in [0.4, 0.5) is 0 Å². The van der Waals surface area contributed by atoms with Gasteiger partial charge in [-0.3, -0.25) is 9.48 Å². The molecule has 0 bridgehead atoms. The fourth-order valence-corrected chi connectivity index (χ4v) is 3.57. The van der Waals surface area contributed by atoms with Crippen molar-refractivity contribution < 1.29 is 4.79 Å². The van der Waals surface area contributed by atoms with Crippen LogP contribution in [0.2, 0.25) is 5.15 Å². The molecule has 1 N–H and O–H groups in total. The van der Waals surface area contributed by atoms with E-state index in [1.54, 1.807) is 36.1 Å². The minimum Gasteiger partial charge on any atom is -0.351 e. The van der Waals surface area contributed by atoms with Gasteiger partial charge in [-0.15, -0.1) is 0 Å². The molecule has 1 aromatic carbocycles. The third-order valence-electron chi connectivity index (χ3n) is 5.12. The lowest BCUT2D eigenvalue weighted by atomic mass is 10.00. The minimum absolute atomic E-state index is 0.244. The predicted molar refractivity (Wildman–Crippen MR) is 108 cm³/mol. The molecule has 2 aromatic heterocycles. The van der Waals surface area contributed by atoms with Gasteiger partial charge in [0.2, 0.25) is 0 Å². The summed E-state index contributed by atoms with van der Waals surface area (Å²) in [4.78, 5) is 17.2. The van der Waals surface area contributed by atoms with Gasteiger partial charge in [0.1, 0.15) is 16.9 Å². The summed E-state index contributed by atoms with van der Waals surface area (Å²) in [6.45, 7) is 0.623. The number of para-hydroxylation sites is 1. The average molecular weight is 394 g/mol. The van der Waals surface area contributed by atoms with E-state index < -0.39 is 0 Å². The van der Waals surface area contributed by atoms with E-state index in [2.05, 4.69) is 21.5 Å². The zero-order valence-corrected chi connectivity index (χ0v) is 16.3. The number of pyridine rings is 1. The van der Waals surface area contributed by atoms with Crippen molar-refractivity contribution in [2.24, 2.45) is 13.0 Å². The molecule has 1 amide bonds. The van der Waals surface area contributed by atoms with E-state index >= 15 is 0 Å². The van der Waals surface area contributed by atoms with E-state index in [4.69, 9.17) is 11.6 Å². The van der Waals surface area contributed by atoms with Gasteiger partial charge < -0.3 is 5.32 Å². The van der Waals surface area contributed by atoms with Crippen LogP contribution in [0.1, 0.15) is 41.7 Å². The number of amides is 1. The Kier molecular flexibility index (Phi) is 5.01. The van der Waals surface area contributed by atoms with Gasteiger partial charge in [0.25, 0.3) is 5.91 Å². The molecular formula is C21H20ClN5O. The van der Waals surface area contributed by atoms with E-state index in [1.165, 1.54) is 12.8 Å². The molecule has 0 spiro atoms. The summed E-state index contributed by atoms with van der Waals surface area (Å²) in [5.74, 6) is 0.597. The standard InChI is InChI=1S/C21H20ClN5O/c1-27-20(22)17(12-25-27)16-10-18(21(28)24-9-3-4-13-7-8-13)26-19-14(11-23)5-2-6-15(16)19/h2,5-6,10,12-13H,3-4,7-9H2,1H3,(H,24,28). The van der Waals surface area contributed by atoms with Crippen molar-refractivity contribution in [2.75, 3.05) is 6.54 Å². The van der Waals surface area contributed by atoms with E-state index in [0.717, 1.165) is 29.7 Å². The van der Waals surface area contributed by atoms with Gasteiger partial charge in [0.05, 0.1) is 17.3 Å².